The zero-order valence-electron chi connectivity index (χ0n) is 16.7. The van der Waals surface area contributed by atoms with Crippen molar-refractivity contribution >= 4 is 10.9 Å². The van der Waals surface area contributed by atoms with E-state index >= 15 is 0 Å². The van der Waals surface area contributed by atoms with Crippen molar-refractivity contribution in [3.8, 4) is 17.2 Å². The van der Waals surface area contributed by atoms with E-state index < -0.39 is 0 Å². The van der Waals surface area contributed by atoms with Gasteiger partial charge >= 0.3 is 0 Å². The van der Waals surface area contributed by atoms with Crippen molar-refractivity contribution in [2.45, 2.75) is 20.0 Å². The number of ether oxygens (including phenoxy) is 3. The quantitative estimate of drug-likeness (QED) is 0.616. The number of quaternary nitrogens is 1. The molecule has 0 bridgehead atoms. The predicted octanol–water partition coefficient (Wildman–Crippen LogP) is 1.55. The van der Waals surface area contributed by atoms with Crippen LogP contribution in [0.4, 0.5) is 0 Å². The van der Waals surface area contributed by atoms with Crippen LogP contribution in [-0.2, 0) is 13.1 Å². The molecule has 1 atom stereocenters. The molecule has 1 heterocycles. The van der Waals surface area contributed by atoms with Gasteiger partial charge in [0.25, 0.3) is 5.56 Å². The summed E-state index contributed by atoms with van der Waals surface area (Å²) in [6.45, 7) is 4.02. The molecule has 0 saturated carbocycles. The fourth-order valence-electron chi connectivity index (χ4n) is 3.17. The van der Waals surface area contributed by atoms with Gasteiger partial charge in [-0.25, -0.2) is 4.98 Å². The molecular weight excluding hydrogens is 358 g/mol. The Kier molecular flexibility index (Phi) is 6.16. The minimum absolute atomic E-state index is 0.185. The van der Waals surface area contributed by atoms with Gasteiger partial charge in [0.05, 0.1) is 38.8 Å². The normalized spacial score (nSPS) is 12.0. The number of aromatic amines is 1. The van der Waals surface area contributed by atoms with Gasteiger partial charge in [0.1, 0.15) is 18.8 Å². The summed E-state index contributed by atoms with van der Waals surface area (Å²) in [6.07, 6.45) is 0. The maximum atomic E-state index is 12.5. The summed E-state index contributed by atoms with van der Waals surface area (Å²) in [7, 11) is 5.17. The largest absolute Gasteiger partial charge is 0.494 e. The molecule has 0 radical (unpaired) electrons. The van der Waals surface area contributed by atoms with E-state index in [0.29, 0.717) is 41.4 Å². The Morgan fingerprint density at radius 3 is 2.36 bits per heavy atom. The first-order chi connectivity index (χ1) is 13.5. The topological polar surface area (TPSA) is 77.9 Å². The lowest BCUT2D eigenvalue weighted by Gasteiger charge is -2.14. The van der Waals surface area contributed by atoms with Gasteiger partial charge in [0.2, 0.25) is 0 Å². The summed E-state index contributed by atoms with van der Waals surface area (Å²) in [5.74, 6) is 2.56. The van der Waals surface area contributed by atoms with E-state index in [1.165, 1.54) is 10.5 Å². The van der Waals surface area contributed by atoms with Gasteiger partial charge in [0, 0.05) is 11.6 Å². The van der Waals surface area contributed by atoms with Crippen molar-refractivity contribution in [3.05, 3.63) is 58.1 Å². The Balaban J connectivity index is 1.78. The molecule has 0 spiro atoms. The van der Waals surface area contributed by atoms with E-state index in [0.717, 1.165) is 12.3 Å². The van der Waals surface area contributed by atoms with Crippen molar-refractivity contribution in [2.24, 2.45) is 0 Å². The van der Waals surface area contributed by atoms with E-state index in [2.05, 4.69) is 29.1 Å². The molecule has 0 aliphatic rings. The van der Waals surface area contributed by atoms with E-state index in [1.54, 1.807) is 26.4 Å². The third-order valence-electron chi connectivity index (χ3n) is 4.47. The average Bonchev–Trinajstić information content (AvgIpc) is 2.68. The zero-order chi connectivity index (χ0) is 20.1. The zero-order valence-corrected chi connectivity index (χ0v) is 16.7. The first-order valence-corrected chi connectivity index (χ1v) is 9.22. The molecule has 7 heteroatoms. The van der Waals surface area contributed by atoms with Crippen LogP contribution < -0.4 is 24.7 Å². The predicted molar refractivity (Wildman–Crippen MR) is 107 cm³/mol. The molecule has 28 heavy (non-hydrogen) atoms. The number of methoxy groups -OCH3 is 2. The van der Waals surface area contributed by atoms with Crippen molar-refractivity contribution in [1.29, 1.82) is 0 Å². The van der Waals surface area contributed by atoms with Crippen LogP contribution in [-0.4, -0.2) is 37.8 Å². The maximum absolute atomic E-state index is 12.5. The lowest BCUT2D eigenvalue weighted by molar-refractivity contribution is -0.908. The highest BCUT2D eigenvalue weighted by Gasteiger charge is 2.13. The van der Waals surface area contributed by atoms with Gasteiger partial charge in [-0.1, -0.05) is 0 Å². The van der Waals surface area contributed by atoms with Gasteiger partial charge in [-0.15, -0.1) is 0 Å². The SMILES string of the molecule is CCOc1ccc(C[NH+](C)Cc2nc3cc(OC)c(OC)cc3c(=O)[nH]2)cc1. The summed E-state index contributed by atoms with van der Waals surface area (Å²) >= 11 is 0. The summed E-state index contributed by atoms with van der Waals surface area (Å²) in [6, 6.07) is 11.4. The van der Waals surface area contributed by atoms with Gasteiger partial charge in [-0.3, -0.25) is 4.79 Å². The number of fused-ring (bicyclic) bond motifs is 1. The number of nitrogens with one attached hydrogen (secondary N) is 2. The lowest BCUT2D eigenvalue weighted by atomic mass is 10.2. The Bertz CT molecular complexity index is 999. The molecule has 2 aromatic carbocycles. The molecule has 2 N–H and O–H groups in total. The molecule has 0 saturated heterocycles. The highest BCUT2D eigenvalue weighted by molar-refractivity contribution is 5.81. The molecule has 0 amide bonds. The summed E-state index contributed by atoms with van der Waals surface area (Å²) in [5, 5.41) is 0.477. The Labute approximate surface area is 163 Å². The van der Waals surface area contributed by atoms with Crippen molar-refractivity contribution in [2.75, 3.05) is 27.9 Å². The van der Waals surface area contributed by atoms with Crippen LogP contribution in [0.3, 0.4) is 0 Å². The highest BCUT2D eigenvalue weighted by Crippen LogP contribution is 2.29. The van der Waals surface area contributed by atoms with Crippen molar-refractivity contribution in [3.63, 3.8) is 0 Å². The van der Waals surface area contributed by atoms with Crippen LogP contribution >= 0.6 is 0 Å². The van der Waals surface area contributed by atoms with E-state index in [9.17, 15) is 4.79 Å². The van der Waals surface area contributed by atoms with E-state index in [4.69, 9.17) is 14.2 Å². The Hall–Kier alpha value is -3.06. The van der Waals surface area contributed by atoms with Gasteiger partial charge < -0.3 is 24.1 Å². The van der Waals surface area contributed by atoms with Crippen LogP contribution in [0.2, 0.25) is 0 Å². The molecule has 7 nitrogen and oxygen atoms in total. The van der Waals surface area contributed by atoms with Crippen LogP contribution in [0.5, 0.6) is 17.2 Å². The lowest BCUT2D eigenvalue weighted by Crippen LogP contribution is -3.06. The number of H-pyrrole nitrogens is 1. The molecule has 0 fully saturated rings. The third-order valence-corrected chi connectivity index (χ3v) is 4.47. The summed E-state index contributed by atoms with van der Waals surface area (Å²) in [4.78, 5) is 21.2. The maximum Gasteiger partial charge on any atom is 0.259 e. The standard InChI is InChI=1S/C21H25N3O4/c1-5-28-15-8-6-14(7-9-15)12-24(2)13-20-22-17-11-19(27-4)18(26-3)10-16(17)21(25)23-20/h6-11H,5,12-13H2,1-4H3,(H,22,23,25)/p+1. The molecule has 0 aliphatic carbocycles. The van der Waals surface area contributed by atoms with Crippen LogP contribution in [0, 0.1) is 0 Å². The number of benzene rings is 2. The van der Waals surface area contributed by atoms with Gasteiger partial charge in [-0.2, -0.15) is 0 Å². The third kappa shape index (κ3) is 4.43. The molecule has 3 aromatic rings. The molecule has 1 aromatic heterocycles. The Morgan fingerprint density at radius 2 is 1.71 bits per heavy atom. The smallest absolute Gasteiger partial charge is 0.259 e. The second-order valence-corrected chi connectivity index (χ2v) is 6.62. The number of rotatable bonds is 8. The van der Waals surface area contributed by atoms with Gasteiger partial charge in [0.15, 0.2) is 17.3 Å². The minimum atomic E-state index is -0.185. The highest BCUT2D eigenvalue weighted by atomic mass is 16.5. The molecule has 3 rings (SSSR count). The summed E-state index contributed by atoms with van der Waals surface area (Å²) in [5.41, 5.74) is 1.59. The first kappa shape index (κ1) is 19.7. The fourth-order valence-corrected chi connectivity index (χ4v) is 3.17. The Morgan fingerprint density at radius 1 is 1.04 bits per heavy atom. The van der Waals surface area contributed by atoms with E-state index in [-0.39, 0.29) is 5.56 Å². The second-order valence-electron chi connectivity index (χ2n) is 6.62. The number of aromatic nitrogens is 2. The molecular formula is C21H26N3O4+. The van der Waals surface area contributed by atoms with Gasteiger partial charge in [-0.05, 0) is 37.3 Å². The molecule has 0 aliphatic heterocycles. The van der Waals surface area contributed by atoms with Crippen LogP contribution in [0.25, 0.3) is 10.9 Å². The van der Waals surface area contributed by atoms with Crippen molar-refractivity contribution < 1.29 is 19.1 Å². The molecule has 148 valence electrons. The van der Waals surface area contributed by atoms with E-state index in [1.807, 2.05) is 19.1 Å². The minimum Gasteiger partial charge on any atom is -0.494 e. The monoisotopic (exact) mass is 384 g/mol. The number of hydrogen-bond donors (Lipinski definition) is 2. The average molecular weight is 384 g/mol. The summed E-state index contributed by atoms with van der Waals surface area (Å²) < 4.78 is 16.1. The van der Waals surface area contributed by atoms with Crippen LogP contribution in [0.15, 0.2) is 41.2 Å². The van der Waals surface area contributed by atoms with Crippen LogP contribution in [0.1, 0.15) is 18.3 Å². The second kappa shape index (κ2) is 8.75. The number of nitrogens with zero attached hydrogens (tertiary/aromatic N) is 1. The number of hydrogen-bond acceptors (Lipinski definition) is 5. The first-order valence-electron chi connectivity index (χ1n) is 9.22. The van der Waals surface area contributed by atoms with Crippen molar-refractivity contribution in [1.82, 2.24) is 9.97 Å². The molecule has 1 unspecified atom stereocenters. The fraction of sp³-hybridized carbons (Fsp3) is 0.333.